The number of fused-ring (bicyclic) bond motifs is 2. The average Bonchev–Trinajstić information content (AvgIpc) is 2.60. The van der Waals surface area contributed by atoms with Crippen molar-refractivity contribution in [2.24, 2.45) is 4.99 Å². The molecule has 114 valence electrons. The minimum Gasteiger partial charge on any atom is -0.378 e. The molecular weight excluding hydrogens is 274 g/mol. The maximum Gasteiger partial charge on any atom is 0.0870 e. The molecule has 1 aliphatic carbocycles. The second kappa shape index (κ2) is 5.61. The molecule has 4 nitrogen and oxygen atoms in total. The molecule has 22 heavy (non-hydrogen) atoms. The van der Waals surface area contributed by atoms with E-state index in [1.807, 2.05) is 0 Å². The zero-order valence-electron chi connectivity index (χ0n) is 13.0. The molecule has 2 heterocycles. The number of morpholine rings is 1. The van der Waals surface area contributed by atoms with Crippen molar-refractivity contribution in [1.29, 1.82) is 0 Å². The summed E-state index contributed by atoms with van der Waals surface area (Å²) in [5.41, 5.74) is 6.04. The first-order chi connectivity index (χ1) is 10.9. The smallest absolute Gasteiger partial charge is 0.0870 e. The first-order valence-electron chi connectivity index (χ1n) is 8.06. The van der Waals surface area contributed by atoms with Crippen LogP contribution < -0.4 is 4.90 Å². The lowest BCUT2D eigenvalue weighted by molar-refractivity contribution is 0.0552. The fraction of sp³-hybridized carbons (Fsp3) is 0.389. The number of anilines is 1. The highest BCUT2D eigenvalue weighted by molar-refractivity contribution is 6.09. The lowest BCUT2D eigenvalue weighted by atomic mass is 10.0. The molecule has 1 aromatic carbocycles. The number of aliphatic imine (C=N–C) groups is 1. The van der Waals surface area contributed by atoms with Gasteiger partial charge >= 0.3 is 0 Å². The van der Waals surface area contributed by atoms with Gasteiger partial charge in [-0.3, -0.25) is 0 Å². The molecule has 0 atom stereocenters. The Morgan fingerprint density at radius 1 is 1.18 bits per heavy atom. The fourth-order valence-corrected chi connectivity index (χ4v) is 3.37. The van der Waals surface area contributed by atoms with Crippen LogP contribution >= 0.6 is 0 Å². The second-order valence-corrected chi connectivity index (χ2v) is 5.75. The van der Waals surface area contributed by atoms with E-state index in [9.17, 15) is 0 Å². The van der Waals surface area contributed by atoms with Crippen LogP contribution in [0.3, 0.4) is 0 Å². The molecule has 0 N–H and O–H groups in total. The molecule has 0 unspecified atom stereocenters. The standard InChI is InChI=1S/C18H21N3O/c1-2-21-17-6-4-3-5-15(17)19-16-8-7-14(13-18(16)21)20-9-11-22-12-10-20/h3-7,13H,2,8-12H2,1H3. The van der Waals surface area contributed by atoms with Gasteiger partial charge in [0.15, 0.2) is 0 Å². The predicted molar refractivity (Wildman–Crippen MR) is 89.7 cm³/mol. The molecule has 0 amide bonds. The van der Waals surface area contributed by atoms with E-state index in [1.165, 1.54) is 22.8 Å². The molecule has 3 aliphatic rings. The molecular formula is C18H21N3O. The van der Waals surface area contributed by atoms with Crippen molar-refractivity contribution in [2.75, 3.05) is 37.7 Å². The van der Waals surface area contributed by atoms with Gasteiger partial charge in [0.1, 0.15) is 0 Å². The van der Waals surface area contributed by atoms with Gasteiger partial charge < -0.3 is 14.5 Å². The summed E-state index contributed by atoms with van der Waals surface area (Å²) < 4.78 is 5.46. The predicted octanol–water partition coefficient (Wildman–Crippen LogP) is 3.10. The lowest BCUT2D eigenvalue weighted by Gasteiger charge is -2.36. The maximum atomic E-state index is 5.46. The third kappa shape index (κ3) is 2.24. The van der Waals surface area contributed by atoms with Crippen molar-refractivity contribution in [2.45, 2.75) is 13.3 Å². The zero-order chi connectivity index (χ0) is 14.9. The monoisotopic (exact) mass is 295 g/mol. The Kier molecular flexibility index (Phi) is 3.47. The van der Waals surface area contributed by atoms with E-state index in [4.69, 9.17) is 9.73 Å². The highest BCUT2D eigenvalue weighted by Gasteiger charge is 2.26. The molecule has 4 rings (SSSR count). The van der Waals surface area contributed by atoms with Gasteiger partial charge in [0.05, 0.1) is 36.0 Å². The number of nitrogens with zero attached hydrogens (tertiary/aromatic N) is 3. The van der Waals surface area contributed by atoms with Crippen molar-refractivity contribution in [1.82, 2.24) is 4.90 Å². The Morgan fingerprint density at radius 2 is 2.00 bits per heavy atom. The van der Waals surface area contributed by atoms with Crippen LogP contribution in [0.15, 0.2) is 52.8 Å². The first kappa shape index (κ1) is 13.6. The summed E-state index contributed by atoms with van der Waals surface area (Å²) in [5, 5.41) is 0. The molecule has 2 aliphatic heterocycles. The van der Waals surface area contributed by atoms with Crippen molar-refractivity contribution >= 4 is 17.1 Å². The van der Waals surface area contributed by atoms with Crippen LogP contribution in [0.2, 0.25) is 0 Å². The summed E-state index contributed by atoms with van der Waals surface area (Å²) in [5.74, 6) is 0. The average molecular weight is 295 g/mol. The quantitative estimate of drug-likeness (QED) is 0.839. The van der Waals surface area contributed by atoms with Crippen molar-refractivity contribution in [3.05, 3.63) is 47.8 Å². The van der Waals surface area contributed by atoms with Crippen molar-refractivity contribution < 1.29 is 4.74 Å². The summed E-state index contributed by atoms with van der Waals surface area (Å²) in [6, 6.07) is 8.41. The van der Waals surface area contributed by atoms with E-state index in [0.29, 0.717) is 0 Å². The highest BCUT2D eigenvalue weighted by atomic mass is 16.5. The molecule has 1 saturated heterocycles. The van der Waals surface area contributed by atoms with E-state index in [1.54, 1.807) is 0 Å². The minimum absolute atomic E-state index is 0.821. The number of benzene rings is 1. The third-order valence-electron chi connectivity index (χ3n) is 4.50. The van der Waals surface area contributed by atoms with Crippen molar-refractivity contribution in [3.63, 3.8) is 0 Å². The minimum atomic E-state index is 0.821. The van der Waals surface area contributed by atoms with Crippen LogP contribution in [-0.4, -0.2) is 43.5 Å². The summed E-state index contributed by atoms with van der Waals surface area (Å²) in [7, 11) is 0. The third-order valence-corrected chi connectivity index (χ3v) is 4.50. The second-order valence-electron chi connectivity index (χ2n) is 5.75. The Morgan fingerprint density at radius 3 is 2.82 bits per heavy atom. The number of allylic oxidation sites excluding steroid dienone is 3. The van der Waals surface area contributed by atoms with Gasteiger partial charge in [0, 0.05) is 31.8 Å². The Hall–Kier alpha value is -2.07. The Labute approximate surface area is 131 Å². The van der Waals surface area contributed by atoms with E-state index in [-0.39, 0.29) is 0 Å². The zero-order valence-corrected chi connectivity index (χ0v) is 13.0. The van der Waals surface area contributed by atoms with Crippen LogP contribution in [0, 0.1) is 0 Å². The molecule has 0 spiro atoms. The number of rotatable bonds is 2. The topological polar surface area (TPSA) is 28.1 Å². The molecule has 1 aromatic rings. The molecule has 1 fully saturated rings. The van der Waals surface area contributed by atoms with Gasteiger partial charge in [-0.25, -0.2) is 4.99 Å². The van der Waals surface area contributed by atoms with Gasteiger partial charge in [-0.2, -0.15) is 0 Å². The molecule has 0 radical (unpaired) electrons. The van der Waals surface area contributed by atoms with Crippen LogP contribution in [0.4, 0.5) is 11.4 Å². The van der Waals surface area contributed by atoms with Crippen LogP contribution in [-0.2, 0) is 4.74 Å². The first-order valence-corrected chi connectivity index (χ1v) is 8.06. The Bertz CT molecular complexity index is 669. The van der Waals surface area contributed by atoms with E-state index in [2.05, 4.69) is 53.1 Å². The van der Waals surface area contributed by atoms with Crippen LogP contribution in [0.5, 0.6) is 0 Å². The number of ether oxygens (including phenoxy) is 1. The van der Waals surface area contributed by atoms with E-state index in [0.717, 1.165) is 45.0 Å². The largest absolute Gasteiger partial charge is 0.378 e. The maximum absolute atomic E-state index is 5.46. The normalized spacial score (nSPS) is 20.7. The fourth-order valence-electron chi connectivity index (χ4n) is 3.37. The molecule has 0 saturated carbocycles. The molecule has 0 bridgehead atoms. The van der Waals surface area contributed by atoms with Gasteiger partial charge in [-0.1, -0.05) is 18.2 Å². The van der Waals surface area contributed by atoms with Gasteiger partial charge in [0.2, 0.25) is 0 Å². The summed E-state index contributed by atoms with van der Waals surface area (Å²) in [6.45, 7) is 6.75. The lowest BCUT2D eigenvalue weighted by Crippen LogP contribution is -2.38. The number of para-hydroxylation sites is 2. The SMILES string of the molecule is CCN1C2=CC(N3CCOCC3)=CCC2=Nc2ccccc21. The summed E-state index contributed by atoms with van der Waals surface area (Å²) >= 11 is 0. The summed E-state index contributed by atoms with van der Waals surface area (Å²) in [4.78, 5) is 9.66. The number of hydrogen-bond acceptors (Lipinski definition) is 4. The highest BCUT2D eigenvalue weighted by Crippen LogP contribution is 2.38. The number of hydrogen-bond donors (Lipinski definition) is 0. The van der Waals surface area contributed by atoms with Gasteiger partial charge in [0.25, 0.3) is 0 Å². The van der Waals surface area contributed by atoms with E-state index < -0.39 is 0 Å². The van der Waals surface area contributed by atoms with Crippen molar-refractivity contribution in [3.8, 4) is 0 Å². The Balaban J connectivity index is 1.71. The summed E-state index contributed by atoms with van der Waals surface area (Å²) in [6.07, 6.45) is 5.51. The molecule has 4 heteroatoms. The molecule has 0 aromatic heterocycles. The van der Waals surface area contributed by atoms with Gasteiger partial charge in [-0.05, 0) is 25.1 Å². The van der Waals surface area contributed by atoms with Crippen LogP contribution in [0.1, 0.15) is 13.3 Å². The van der Waals surface area contributed by atoms with Gasteiger partial charge in [-0.15, -0.1) is 0 Å². The van der Waals surface area contributed by atoms with E-state index >= 15 is 0 Å². The van der Waals surface area contributed by atoms with Crippen LogP contribution in [0.25, 0.3) is 0 Å².